The highest BCUT2D eigenvalue weighted by Gasteiger charge is 2.10. The number of aryl methyl sites for hydroxylation is 1. The highest BCUT2D eigenvalue weighted by atomic mass is 16.1. The third-order valence-corrected chi connectivity index (χ3v) is 3.83. The Hall–Kier alpha value is -3.41. The van der Waals surface area contributed by atoms with Gasteiger partial charge in [-0.2, -0.15) is 5.10 Å². The monoisotopic (exact) mass is 317 g/mol. The predicted octanol–water partition coefficient (Wildman–Crippen LogP) is 3.31. The van der Waals surface area contributed by atoms with Gasteiger partial charge < -0.3 is 4.98 Å². The molecule has 0 bridgehead atoms. The van der Waals surface area contributed by atoms with Crippen molar-refractivity contribution in [3.63, 3.8) is 0 Å². The first-order chi connectivity index (χ1) is 11.7. The van der Waals surface area contributed by atoms with Gasteiger partial charge in [-0.05, 0) is 49.4 Å². The number of H-pyrrole nitrogens is 1. The Morgan fingerprint density at radius 3 is 2.58 bits per heavy atom. The van der Waals surface area contributed by atoms with Crippen LogP contribution in [0.25, 0.3) is 16.7 Å². The van der Waals surface area contributed by atoms with Crippen LogP contribution in [0.1, 0.15) is 16.1 Å². The number of nitrogens with zero attached hydrogens (tertiary/aromatic N) is 3. The lowest BCUT2D eigenvalue weighted by Gasteiger charge is -2.06. The SMILES string of the molecule is Cc1ccnn1-c1ccc(C(=O)Nc2nc3ccccc3[nH]2)cc1. The second-order valence-corrected chi connectivity index (χ2v) is 5.49. The Morgan fingerprint density at radius 1 is 1.08 bits per heavy atom. The zero-order valence-corrected chi connectivity index (χ0v) is 13.0. The molecule has 24 heavy (non-hydrogen) atoms. The standard InChI is InChI=1S/C18H15N5O/c1-12-10-11-19-23(12)14-8-6-13(7-9-14)17(24)22-18-20-15-4-2-3-5-16(15)21-18/h2-11H,1H3,(H2,20,21,22,24). The van der Waals surface area contributed by atoms with Crippen molar-refractivity contribution in [1.82, 2.24) is 19.7 Å². The van der Waals surface area contributed by atoms with Gasteiger partial charge in [0, 0.05) is 17.5 Å². The van der Waals surface area contributed by atoms with Gasteiger partial charge in [0.15, 0.2) is 0 Å². The van der Waals surface area contributed by atoms with E-state index in [0.29, 0.717) is 11.5 Å². The normalized spacial score (nSPS) is 10.9. The van der Waals surface area contributed by atoms with Crippen molar-refractivity contribution < 1.29 is 4.79 Å². The lowest BCUT2D eigenvalue weighted by atomic mass is 10.2. The molecule has 118 valence electrons. The quantitative estimate of drug-likeness (QED) is 0.608. The first-order valence-electron chi connectivity index (χ1n) is 7.58. The molecule has 2 N–H and O–H groups in total. The van der Waals surface area contributed by atoms with Crippen molar-refractivity contribution in [2.45, 2.75) is 6.92 Å². The molecule has 0 aliphatic rings. The van der Waals surface area contributed by atoms with Gasteiger partial charge in [-0.15, -0.1) is 0 Å². The number of amides is 1. The number of carbonyl (C=O) groups excluding carboxylic acids is 1. The number of imidazole rings is 1. The molecule has 0 saturated carbocycles. The minimum atomic E-state index is -0.210. The number of para-hydroxylation sites is 2. The van der Waals surface area contributed by atoms with Crippen molar-refractivity contribution in [3.05, 3.63) is 72.1 Å². The second-order valence-electron chi connectivity index (χ2n) is 5.49. The van der Waals surface area contributed by atoms with E-state index in [9.17, 15) is 4.79 Å². The van der Waals surface area contributed by atoms with E-state index >= 15 is 0 Å². The molecular formula is C18H15N5O. The third-order valence-electron chi connectivity index (χ3n) is 3.83. The molecular weight excluding hydrogens is 302 g/mol. The number of aromatic nitrogens is 4. The molecule has 0 aliphatic heterocycles. The Labute approximate surface area is 138 Å². The Morgan fingerprint density at radius 2 is 1.88 bits per heavy atom. The first-order valence-corrected chi connectivity index (χ1v) is 7.58. The number of carbonyl (C=O) groups is 1. The van der Waals surface area contributed by atoms with E-state index in [1.807, 2.05) is 54.1 Å². The largest absolute Gasteiger partial charge is 0.324 e. The van der Waals surface area contributed by atoms with Gasteiger partial charge >= 0.3 is 0 Å². The van der Waals surface area contributed by atoms with Gasteiger partial charge in [-0.25, -0.2) is 9.67 Å². The molecule has 4 rings (SSSR count). The number of hydrogen-bond acceptors (Lipinski definition) is 3. The maximum atomic E-state index is 12.4. The van der Waals surface area contributed by atoms with Crippen LogP contribution in [-0.4, -0.2) is 25.7 Å². The van der Waals surface area contributed by atoms with Gasteiger partial charge in [0.1, 0.15) is 0 Å². The summed E-state index contributed by atoms with van der Waals surface area (Å²) in [6.45, 7) is 1.98. The number of fused-ring (bicyclic) bond motifs is 1. The van der Waals surface area contributed by atoms with Gasteiger partial charge in [0.25, 0.3) is 5.91 Å². The number of benzene rings is 2. The van der Waals surface area contributed by atoms with Crippen molar-refractivity contribution in [2.24, 2.45) is 0 Å². The summed E-state index contributed by atoms with van der Waals surface area (Å²) in [5.41, 5.74) is 4.21. The summed E-state index contributed by atoms with van der Waals surface area (Å²) in [6.07, 6.45) is 1.75. The van der Waals surface area contributed by atoms with Crippen LogP contribution in [0.2, 0.25) is 0 Å². The van der Waals surface area contributed by atoms with Crippen molar-refractivity contribution in [1.29, 1.82) is 0 Å². The molecule has 4 aromatic rings. The fraction of sp³-hybridized carbons (Fsp3) is 0.0556. The van der Waals surface area contributed by atoms with E-state index < -0.39 is 0 Å². The van der Waals surface area contributed by atoms with Gasteiger partial charge in [0.2, 0.25) is 5.95 Å². The van der Waals surface area contributed by atoms with Crippen LogP contribution in [0.5, 0.6) is 0 Å². The molecule has 2 aromatic carbocycles. The van der Waals surface area contributed by atoms with Crippen LogP contribution in [0, 0.1) is 6.92 Å². The molecule has 1 amide bonds. The van der Waals surface area contributed by atoms with Gasteiger partial charge in [-0.3, -0.25) is 10.1 Å². The van der Waals surface area contributed by atoms with Crippen molar-refractivity contribution in [2.75, 3.05) is 5.32 Å². The highest BCUT2D eigenvalue weighted by molar-refractivity contribution is 6.04. The van der Waals surface area contributed by atoms with E-state index in [0.717, 1.165) is 22.4 Å². The molecule has 2 heterocycles. The topological polar surface area (TPSA) is 75.6 Å². The lowest BCUT2D eigenvalue weighted by molar-refractivity contribution is 0.102. The minimum Gasteiger partial charge on any atom is -0.324 e. The molecule has 6 nitrogen and oxygen atoms in total. The summed E-state index contributed by atoms with van der Waals surface area (Å²) in [5.74, 6) is 0.228. The zero-order valence-electron chi connectivity index (χ0n) is 13.0. The summed E-state index contributed by atoms with van der Waals surface area (Å²) in [7, 11) is 0. The van der Waals surface area contributed by atoms with Gasteiger partial charge in [0.05, 0.1) is 16.7 Å². The Bertz CT molecular complexity index is 980. The molecule has 0 saturated heterocycles. The summed E-state index contributed by atoms with van der Waals surface area (Å²) in [4.78, 5) is 19.8. The summed E-state index contributed by atoms with van der Waals surface area (Å²) >= 11 is 0. The maximum absolute atomic E-state index is 12.4. The average molecular weight is 317 g/mol. The third kappa shape index (κ3) is 2.54. The maximum Gasteiger partial charge on any atom is 0.257 e. The number of anilines is 1. The van der Waals surface area contributed by atoms with Crippen LogP contribution in [-0.2, 0) is 0 Å². The molecule has 0 unspecified atom stereocenters. The Balaban J connectivity index is 1.55. The van der Waals surface area contributed by atoms with Gasteiger partial charge in [-0.1, -0.05) is 12.1 Å². The zero-order chi connectivity index (χ0) is 16.5. The van der Waals surface area contributed by atoms with Crippen molar-refractivity contribution in [3.8, 4) is 5.69 Å². The van der Waals surface area contributed by atoms with Crippen LogP contribution >= 0.6 is 0 Å². The molecule has 0 spiro atoms. The average Bonchev–Trinajstić information content (AvgIpc) is 3.20. The van der Waals surface area contributed by atoms with E-state index in [4.69, 9.17) is 0 Å². The van der Waals surface area contributed by atoms with E-state index in [-0.39, 0.29) is 5.91 Å². The number of nitrogens with one attached hydrogen (secondary N) is 2. The summed E-state index contributed by atoms with van der Waals surface area (Å²) in [5, 5.41) is 7.04. The highest BCUT2D eigenvalue weighted by Crippen LogP contribution is 2.15. The Kier molecular flexibility index (Phi) is 3.35. The van der Waals surface area contributed by atoms with Crippen LogP contribution in [0.15, 0.2) is 60.8 Å². The molecule has 6 heteroatoms. The summed E-state index contributed by atoms with van der Waals surface area (Å²) in [6, 6.07) is 16.8. The smallest absolute Gasteiger partial charge is 0.257 e. The van der Waals surface area contributed by atoms with Crippen LogP contribution < -0.4 is 5.32 Å². The molecule has 0 fully saturated rings. The molecule has 2 aromatic heterocycles. The van der Waals surface area contributed by atoms with Crippen molar-refractivity contribution >= 4 is 22.9 Å². The fourth-order valence-electron chi connectivity index (χ4n) is 2.59. The molecule has 0 atom stereocenters. The second kappa shape index (κ2) is 5.66. The van der Waals surface area contributed by atoms with Crippen LogP contribution in [0.3, 0.4) is 0 Å². The molecule has 0 radical (unpaired) electrons. The lowest BCUT2D eigenvalue weighted by Crippen LogP contribution is -2.13. The molecule has 0 aliphatic carbocycles. The van der Waals surface area contributed by atoms with E-state index in [1.54, 1.807) is 18.3 Å². The number of hydrogen-bond donors (Lipinski definition) is 2. The predicted molar refractivity (Wildman–Crippen MR) is 92.3 cm³/mol. The fourth-order valence-corrected chi connectivity index (χ4v) is 2.59. The van der Waals surface area contributed by atoms with E-state index in [2.05, 4.69) is 20.4 Å². The first kappa shape index (κ1) is 14.2. The summed E-state index contributed by atoms with van der Waals surface area (Å²) < 4.78 is 1.82. The van der Waals surface area contributed by atoms with E-state index in [1.165, 1.54) is 0 Å². The van der Waals surface area contributed by atoms with Crippen LogP contribution in [0.4, 0.5) is 5.95 Å². The number of aromatic amines is 1. The number of rotatable bonds is 3. The minimum absolute atomic E-state index is 0.210.